The molecule has 1 N–H and O–H groups in total. The second-order valence-corrected chi connectivity index (χ2v) is 5.38. The van der Waals surface area contributed by atoms with Crippen LogP contribution in [0, 0.1) is 12.7 Å². The lowest BCUT2D eigenvalue weighted by Crippen LogP contribution is -2.11. The van der Waals surface area contributed by atoms with E-state index in [2.05, 4.69) is 9.69 Å². The Morgan fingerprint density at radius 2 is 2.10 bits per heavy atom. The van der Waals surface area contributed by atoms with Gasteiger partial charge in [-0.15, -0.1) is 0 Å². The Labute approximate surface area is 127 Å². The number of halogens is 1. The van der Waals surface area contributed by atoms with E-state index in [1.54, 1.807) is 26.0 Å². The molecule has 0 fully saturated rings. The Bertz CT molecular complexity index is 625. The largest absolute Gasteiger partial charge is 0.462 e. The highest BCUT2D eigenvalue weighted by Gasteiger charge is 2.21. The first-order valence-electron chi connectivity index (χ1n) is 6.68. The minimum Gasteiger partial charge on any atom is -0.462 e. The van der Waals surface area contributed by atoms with Gasteiger partial charge in [-0.3, -0.25) is 0 Å². The zero-order valence-corrected chi connectivity index (χ0v) is 13.0. The predicted octanol–water partition coefficient (Wildman–Crippen LogP) is 3.94. The molecule has 1 aromatic heterocycles. The number of hydrogen-bond acceptors (Lipinski definition) is 5. The Morgan fingerprint density at radius 1 is 1.43 bits per heavy atom. The van der Waals surface area contributed by atoms with Crippen LogP contribution in [0.1, 0.15) is 41.5 Å². The van der Waals surface area contributed by atoms with E-state index in [1.165, 1.54) is 23.7 Å². The van der Waals surface area contributed by atoms with E-state index < -0.39 is 0 Å². The molecule has 0 saturated heterocycles. The molecule has 6 heteroatoms. The number of carbonyl (C=O) groups is 1. The van der Waals surface area contributed by atoms with Crippen molar-refractivity contribution in [2.75, 3.05) is 11.9 Å². The highest BCUT2D eigenvalue weighted by atomic mass is 32.1. The summed E-state index contributed by atoms with van der Waals surface area (Å²) in [5.41, 5.74) is 2.04. The highest BCUT2D eigenvalue weighted by molar-refractivity contribution is 7.10. The number of carbonyl (C=O) groups excluding carboxylic acids is 1. The van der Waals surface area contributed by atoms with E-state index in [1.807, 2.05) is 6.92 Å². The van der Waals surface area contributed by atoms with Crippen LogP contribution in [0.15, 0.2) is 24.3 Å². The number of hydrogen-bond donors (Lipinski definition) is 1. The molecule has 4 nitrogen and oxygen atoms in total. The first-order chi connectivity index (χ1) is 10.0. The lowest BCUT2D eigenvalue weighted by atomic mass is 10.1. The zero-order valence-electron chi connectivity index (χ0n) is 12.1. The van der Waals surface area contributed by atoms with Crippen LogP contribution in [-0.4, -0.2) is 16.9 Å². The number of aromatic nitrogens is 1. The lowest BCUT2D eigenvalue weighted by Gasteiger charge is -2.15. The number of anilines is 1. The van der Waals surface area contributed by atoms with Crippen LogP contribution in [0.5, 0.6) is 0 Å². The average molecular weight is 308 g/mol. The topological polar surface area (TPSA) is 51.2 Å². The summed E-state index contributed by atoms with van der Waals surface area (Å²) in [5, 5.41) is 3.91. The highest BCUT2D eigenvalue weighted by Crippen LogP contribution is 2.29. The van der Waals surface area contributed by atoms with E-state index in [0.29, 0.717) is 22.9 Å². The quantitative estimate of drug-likeness (QED) is 0.850. The maximum Gasteiger partial charge on any atom is 0.343 e. The molecule has 1 aromatic carbocycles. The van der Waals surface area contributed by atoms with Gasteiger partial charge in [0.05, 0.1) is 12.3 Å². The Morgan fingerprint density at radius 3 is 2.71 bits per heavy atom. The number of aryl methyl sites for hydroxylation is 1. The van der Waals surface area contributed by atoms with Crippen LogP contribution in [0.4, 0.5) is 9.39 Å². The van der Waals surface area contributed by atoms with Gasteiger partial charge in [-0.25, -0.2) is 9.18 Å². The minimum absolute atomic E-state index is 0.0707. The van der Waals surface area contributed by atoms with Crippen LogP contribution in [0.2, 0.25) is 0 Å². The molecule has 0 bridgehead atoms. The van der Waals surface area contributed by atoms with Crippen molar-refractivity contribution in [3.8, 4) is 0 Å². The molecule has 0 spiro atoms. The van der Waals surface area contributed by atoms with Crippen LogP contribution < -0.4 is 5.32 Å². The summed E-state index contributed by atoms with van der Waals surface area (Å²) in [6.45, 7) is 5.80. The van der Waals surface area contributed by atoms with Crippen LogP contribution in [0.3, 0.4) is 0 Å². The van der Waals surface area contributed by atoms with Crippen molar-refractivity contribution in [3.05, 3.63) is 46.9 Å². The zero-order chi connectivity index (χ0) is 15.4. The van der Waals surface area contributed by atoms with Gasteiger partial charge in [-0.05, 0) is 50.0 Å². The second kappa shape index (κ2) is 6.67. The third-order valence-electron chi connectivity index (χ3n) is 3.06. The number of rotatable bonds is 5. The fourth-order valence-electron chi connectivity index (χ4n) is 1.94. The van der Waals surface area contributed by atoms with Gasteiger partial charge in [0.25, 0.3) is 0 Å². The summed E-state index contributed by atoms with van der Waals surface area (Å²) in [5.74, 6) is -0.649. The molecule has 0 aliphatic carbocycles. The van der Waals surface area contributed by atoms with Gasteiger partial charge in [0.15, 0.2) is 0 Å². The molecule has 21 heavy (non-hydrogen) atoms. The van der Waals surface area contributed by atoms with E-state index in [4.69, 9.17) is 4.74 Å². The number of esters is 1. The van der Waals surface area contributed by atoms with Crippen LogP contribution in [-0.2, 0) is 4.74 Å². The van der Waals surface area contributed by atoms with Crippen molar-refractivity contribution in [2.24, 2.45) is 0 Å². The summed E-state index contributed by atoms with van der Waals surface area (Å²) in [6, 6.07) is 6.18. The molecule has 1 unspecified atom stereocenters. The molecule has 1 atom stereocenters. The fraction of sp³-hybridized carbons (Fsp3) is 0.333. The summed E-state index contributed by atoms with van der Waals surface area (Å²) < 4.78 is 22.2. The third kappa shape index (κ3) is 3.58. The van der Waals surface area contributed by atoms with Gasteiger partial charge >= 0.3 is 5.97 Å². The molecule has 112 valence electrons. The molecule has 2 aromatic rings. The Hall–Kier alpha value is -1.95. The smallest absolute Gasteiger partial charge is 0.343 e. The first kappa shape index (κ1) is 15.4. The number of nitrogens with one attached hydrogen (secondary N) is 1. The fourth-order valence-corrected chi connectivity index (χ4v) is 2.81. The van der Waals surface area contributed by atoms with E-state index >= 15 is 0 Å². The van der Waals surface area contributed by atoms with E-state index in [0.717, 1.165) is 5.56 Å². The SMILES string of the molecule is CCOC(=O)c1c(C)nsc1NC(C)c1ccc(F)cc1. The van der Waals surface area contributed by atoms with Gasteiger partial charge in [-0.2, -0.15) is 4.37 Å². The molecule has 0 aliphatic rings. The van der Waals surface area contributed by atoms with Crippen LogP contribution >= 0.6 is 11.5 Å². The van der Waals surface area contributed by atoms with E-state index in [9.17, 15) is 9.18 Å². The number of nitrogens with zero attached hydrogens (tertiary/aromatic N) is 1. The van der Waals surface area contributed by atoms with Crippen molar-refractivity contribution < 1.29 is 13.9 Å². The molecule has 0 saturated carbocycles. The Kier molecular flexibility index (Phi) is 4.90. The molecule has 0 aliphatic heterocycles. The van der Waals surface area contributed by atoms with Crippen molar-refractivity contribution in [1.29, 1.82) is 0 Å². The predicted molar refractivity (Wildman–Crippen MR) is 81.2 cm³/mol. The maximum atomic E-state index is 12.9. The van der Waals surface area contributed by atoms with E-state index in [-0.39, 0.29) is 17.8 Å². The maximum absolute atomic E-state index is 12.9. The van der Waals surface area contributed by atoms with Crippen molar-refractivity contribution in [3.63, 3.8) is 0 Å². The van der Waals surface area contributed by atoms with Crippen molar-refractivity contribution >= 4 is 22.5 Å². The normalized spacial score (nSPS) is 12.0. The molecular formula is C15H17FN2O2S. The average Bonchev–Trinajstić information content (AvgIpc) is 2.80. The minimum atomic E-state index is -0.377. The second-order valence-electron chi connectivity index (χ2n) is 4.61. The number of benzene rings is 1. The van der Waals surface area contributed by atoms with Crippen LogP contribution in [0.25, 0.3) is 0 Å². The molecule has 2 rings (SSSR count). The summed E-state index contributed by atoms with van der Waals surface area (Å²) in [7, 11) is 0. The standard InChI is InChI=1S/C15H17FN2O2S/c1-4-20-15(19)13-10(3)18-21-14(13)17-9(2)11-5-7-12(16)8-6-11/h5-9,17H,4H2,1-3H3. The van der Waals surface area contributed by atoms with Crippen molar-refractivity contribution in [1.82, 2.24) is 4.37 Å². The van der Waals surface area contributed by atoms with Crippen molar-refractivity contribution in [2.45, 2.75) is 26.8 Å². The third-order valence-corrected chi connectivity index (χ3v) is 3.93. The molecule has 0 amide bonds. The Balaban J connectivity index is 2.19. The summed E-state index contributed by atoms with van der Waals surface area (Å²) in [4.78, 5) is 12.0. The lowest BCUT2D eigenvalue weighted by molar-refractivity contribution is 0.0527. The molecule has 0 radical (unpaired) electrons. The van der Waals surface area contributed by atoms with Gasteiger partial charge in [-0.1, -0.05) is 12.1 Å². The van der Waals surface area contributed by atoms with Gasteiger partial charge < -0.3 is 10.1 Å². The number of ether oxygens (including phenoxy) is 1. The summed E-state index contributed by atoms with van der Waals surface area (Å²) in [6.07, 6.45) is 0. The van der Waals surface area contributed by atoms with Gasteiger partial charge in [0.2, 0.25) is 0 Å². The van der Waals surface area contributed by atoms with Gasteiger partial charge in [0.1, 0.15) is 16.4 Å². The summed E-state index contributed by atoms with van der Waals surface area (Å²) >= 11 is 1.22. The molecule has 1 heterocycles. The van der Waals surface area contributed by atoms with Gasteiger partial charge in [0, 0.05) is 6.04 Å². The first-order valence-corrected chi connectivity index (χ1v) is 7.45. The molecular weight excluding hydrogens is 291 g/mol. The monoisotopic (exact) mass is 308 g/mol.